The zero-order valence-corrected chi connectivity index (χ0v) is 25.3. The highest BCUT2D eigenvalue weighted by Crippen LogP contribution is 2.41. The van der Waals surface area contributed by atoms with Gasteiger partial charge in [0.1, 0.15) is 35.7 Å². The van der Waals surface area contributed by atoms with E-state index in [4.69, 9.17) is 25.8 Å². The maximum absolute atomic E-state index is 16.1. The van der Waals surface area contributed by atoms with Crippen LogP contribution in [-0.4, -0.2) is 44.8 Å². The lowest BCUT2D eigenvalue weighted by atomic mass is 9.80. The minimum atomic E-state index is -1.09. The van der Waals surface area contributed by atoms with Gasteiger partial charge in [0.05, 0.1) is 31.1 Å². The van der Waals surface area contributed by atoms with Crippen molar-refractivity contribution in [2.45, 2.75) is 24.7 Å². The third kappa shape index (κ3) is 5.53. The molecule has 0 radical (unpaired) electrons. The van der Waals surface area contributed by atoms with Gasteiger partial charge in [0.25, 0.3) is 0 Å². The number of esters is 1. The molecule has 0 aliphatic carbocycles. The largest absolute Gasteiger partial charge is 0.456 e. The van der Waals surface area contributed by atoms with Crippen molar-refractivity contribution in [3.05, 3.63) is 155 Å². The second kappa shape index (κ2) is 12.8. The number of rotatable bonds is 9. The van der Waals surface area contributed by atoms with Crippen molar-refractivity contribution in [3.8, 4) is 5.69 Å². The van der Waals surface area contributed by atoms with Crippen molar-refractivity contribution in [1.29, 1.82) is 0 Å². The van der Waals surface area contributed by atoms with Crippen LogP contribution in [0.5, 0.6) is 0 Å². The Labute approximate surface area is 269 Å². The smallest absolute Gasteiger partial charge is 0.338 e. The predicted octanol–water partition coefficient (Wildman–Crippen LogP) is 7.06. The molecule has 1 fully saturated rings. The Kier molecular flexibility index (Phi) is 8.28. The van der Waals surface area contributed by atoms with E-state index >= 15 is 4.39 Å². The first-order chi connectivity index (χ1) is 22.5. The monoisotopic (exact) mass is 634 g/mol. The summed E-state index contributed by atoms with van der Waals surface area (Å²) in [6, 6.07) is 32.2. The van der Waals surface area contributed by atoms with Gasteiger partial charge < -0.3 is 14.2 Å². The van der Waals surface area contributed by atoms with Gasteiger partial charge >= 0.3 is 5.97 Å². The summed E-state index contributed by atoms with van der Waals surface area (Å²) in [5.74, 6) is -1.23. The van der Waals surface area contributed by atoms with Crippen molar-refractivity contribution < 1.29 is 23.4 Å². The molecule has 0 amide bonds. The van der Waals surface area contributed by atoms with Crippen molar-refractivity contribution in [3.63, 3.8) is 0 Å². The van der Waals surface area contributed by atoms with Gasteiger partial charge in [0.15, 0.2) is 10.8 Å². The van der Waals surface area contributed by atoms with Crippen LogP contribution in [0, 0.1) is 5.82 Å². The van der Waals surface area contributed by atoms with Crippen LogP contribution < -0.4 is 0 Å². The molecule has 230 valence electrons. The molecule has 0 spiro atoms. The van der Waals surface area contributed by atoms with E-state index in [1.165, 1.54) is 29.4 Å². The molecule has 1 aliphatic rings. The van der Waals surface area contributed by atoms with Gasteiger partial charge in [-0.05, 0) is 34.4 Å². The van der Waals surface area contributed by atoms with Crippen molar-refractivity contribution in [1.82, 2.24) is 19.5 Å². The van der Waals surface area contributed by atoms with Gasteiger partial charge in [-0.2, -0.15) is 0 Å². The standard InChI is InChI=1S/C36H28ClFN4O4/c37-33-32-34(40-22-39-33)42(23-41-32)31-19-29(35(43)46-28-16-17-44-21-28)24(18-30(31)38)20-45-36(25-10-4-1-5-11-25,26-12-6-2-7-13-26)27-14-8-3-9-15-27/h1-15,18-19,22-23,28H,16-17,20-21H2. The lowest BCUT2D eigenvalue weighted by Gasteiger charge is -2.36. The highest BCUT2D eigenvalue weighted by molar-refractivity contribution is 6.33. The number of benzene rings is 4. The number of nitrogens with zero attached hydrogens (tertiary/aromatic N) is 4. The molecule has 0 N–H and O–H groups in total. The molecule has 6 aromatic rings. The highest BCUT2D eigenvalue weighted by Gasteiger charge is 2.38. The van der Waals surface area contributed by atoms with E-state index in [0.717, 1.165) is 16.7 Å². The maximum atomic E-state index is 16.1. The Morgan fingerprint density at radius 2 is 1.54 bits per heavy atom. The van der Waals surface area contributed by atoms with Crippen LogP contribution in [0.1, 0.15) is 39.0 Å². The predicted molar refractivity (Wildman–Crippen MR) is 170 cm³/mol. The third-order valence-corrected chi connectivity index (χ3v) is 8.36. The highest BCUT2D eigenvalue weighted by atomic mass is 35.5. The molecule has 0 saturated carbocycles. The Morgan fingerprint density at radius 3 is 2.13 bits per heavy atom. The molecule has 0 bridgehead atoms. The lowest BCUT2D eigenvalue weighted by molar-refractivity contribution is -0.00127. The fourth-order valence-corrected chi connectivity index (χ4v) is 6.03. The topological polar surface area (TPSA) is 88.4 Å². The zero-order valence-electron chi connectivity index (χ0n) is 24.6. The average Bonchev–Trinajstić information content (AvgIpc) is 3.78. The van der Waals surface area contributed by atoms with Gasteiger partial charge in [-0.15, -0.1) is 0 Å². The second-order valence-electron chi connectivity index (χ2n) is 10.9. The van der Waals surface area contributed by atoms with Crippen molar-refractivity contribution in [2.75, 3.05) is 13.2 Å². The number of halogens is 2. The molecular weight excluding hydrogens is 607 g/mol. The molecule has 4 aromatic carbocycles. The van der Waals surface area contributed by atoms with E-state index in [-0.39, 0.29) is 23.0 Å². The SMILES string of the molecule is O=C(OC1CCOC1)c1cc(-n2cnc3c(Cl)ncnc32)c(F)cc1COC(c1ccccc1)(c1ccccc1)c1ccccc1. The molecule has 8 nitrogen and oxygen atoms in total. The molecule has 2 aromatic heterocycles. The van der Waals surface area contributed by atoms with Crippen LogP contribution in [0.3, 0.4) is 0 Å². The summed E-state index contributed by atoms with van der Waals surface area (Å²) < 4.78 is 35.8. The fourth-order valence-electron chi connectivity index (χ4n) is 5.85. The summed E-state index contributed by atoms with van der Waals surface area (Å²) in [4.78, 5) is 26.3. The Hall–Kier alpha value is -4.96. The van der Waals surface area contributed by atoms with Gasteiger partial charge in [-0.25, -0.2) is 24.1 Å². The normalized spacial score (nSPS) is 14.9. The Bertz CT molecular complexity index is 1890. The number of imidazole rings is 1. The number of hydrogen-bond acceptors (Lipinski definition) is 7. The number of carbonyl (C=O) groups is 1. The first kappa shape index (κ1) is 29.7. The maximum Gasteiger partial charge on any atom is 0.338 e. The van der Waals surface area contributed by atoms with Crippen LogP contribution in [0.15, 0.2) is 116 Å². The second-order valence-corrected chi connectivity index (χ2v) is 11.2. The number of aromatic nitrogens is 4. The first-order valence-electron chi connectivity index (χ1n) is 14.8. The van der Waals surface area contributed by atoms with E-state index in [0.29, 0.717) is 36.4 Å². The van der Waals surface area contributed by atoms with E-state index in [2.05, 4.69) is 15.0 Å². The Balaban J connectivity index is 1.36. The average molecular weight is 635 g/mol. The summed E-state index contributed by atoms with van der Waals surface area (Å²) in [7, 11) is 0. The molecule has 46 heavy (non-hydrogen) atoms. The minimum Gasteiger partial charge on any atom is -0.456 e. The summed E-state index contributed by atoms with van der Waals surface area (Å²) in [6.07, 6.45) is 2.83. The minimum absolute atomic E-state index is 0.0519. The first-order valence-corrected chi connectivity index (χ1v) is 15.2. The number of carbonyl (C=O) groups excluding carboxylic acids is 1. The lowest BCUT2D eigenvalue weighted by Crippen LogP contribution is -2.33. The van der Waals surface area contributed by atoms with Crippen LogP contribution in [0.4, 0.5) is 4.39 Å². The zero-order chi connectivity index (χ0) is 31.5. The molecule has 3 heterocycles. The molecule has 1 aliphatic heterocycles. The quantitative estimate of drug-likeness (QED) is 0.0955. The van der Waals surface area contributed by atoms with E-state index < -0.39 is 23.5 Å². The summed E-state index contributed by atoms with van der Waals surface area (Å²) in [5.41, 5.74) is 2.64. The summed E-state index contributed by atoms with van der Waals surface area (Å²) in [5, 5.41) is 0.133. The summed E-state index contributed by atoms with van der Waals surface area (Å²) >= 11 is 6.21. The Morgan fingerprint density at radius 1 is 0.913 bits per heavy atom. The van der Waals surface area contributed by atoms with E-state index in [1.54, 1.807) is 0 Å². The number of fused-ring (bicyclic) bond motifs is 1. The number of hydrogen-bond donors (Lipinski definition) is 0. The van der Waals surface area contributed by atoms with E-state index in [1.807, 2.05) is 91.0 Å². The summed E-state index contributed by atoms with van der Waals surface area (Å²) in [6.45, 7) is 0.671. The van der Waals surface area contributed by atoms with Gasteiger partial charge in [0.2, 0.25) is 0 Å². The van der Waals surface area contributed by atoms with Gasteiger partial charge in [-0.3, -0.25) is 4.57 Å². The molecule has 7 rings (SSSR count). The molecule has 1 unspecified atom stereocenters. The molecule has 10 heteroatoms. The van der Waals surface area contributed by atoms with Crippen LogP contribution in [0.25, 0.3) is 16.9 Å². The molecular formula is C36H28ClFN4O4. The van der Waals surface area contributed by atoms with Gasteiger partial charge in [0, 0.05) is 6.42 Å². The third-order valence-electron chi connectivity index (χ3n) is 8.09. The fraction of sp³-hybridized carbons (Fsp3) is 0.167. The molecule has 1 saturated heterocycles. The molecule has 1 atom stereocenters. The van der Waals surface area contributed by atoms with Crippen LogP contribution in [0.2, 0.25) is 5.15 Å². The van der Waals surface area contributed by atoms with Crippen LogP contribution in [-0.2, 0) is 26.4 Å². The number of ether oxygens (including phenoxy) is 3. The van der Waals surface area contributed by atoms with Crippen molar-refractivity contribution >= 4 is 28.7 Å². The van der Waals surface area contributed by atoms with E-state index in [9.17, 15) is 4.79 Å². The van der Waals surface area contributed by atoms with Crippen molar-refractivity contribution in [2.24, 2.45) is 0 Å². The van der Waals surface area contributed by atoms with Gasteiger partial charge in [-0.1, -0.05) is 103 Å². The van der Waals surface area contributed by atoms with Crippen LogP contribution >= 0.6 is 11.6 Å².